The molecule has 0 bridgehead atoms. The fourth-order valence-corrected chi connectivity index (χ4v) is 7.47. The van der Waals surface area contributed by atoms with Crippen LogP contribution in [0, 0.1) is 24.8 Å². The first-order valence-electron chi connectivity index (χ1n) is 20.2. The third kappa shape index (κ3) is 8.92. The molecule has 51 heavy (non-hydrogen) atoms. The van der Waals surface area contributed by atoms with Gasteiger partial charge in [-0.1, -0.05) is 94.3 Å². The summed E-state index contributed by atoms with van der Waals surface area (Å²) < 4.78 is 28.5. The molecule has 2 aromatic heterocycles. The van der Waals surface area contributed by atoms with E-state index in [2.05, 4.69) is 45.9 Å². The maximum atomic E-state index is 11.7. The van der Waals surface area contributed by atoms with Crippen LogP contribution in [0.2, 0.25) is 0 Å². The zero-order chi connectivity index (χ0) is 38.5. The van der Waals surface area contributed by atoms with Crippen molar-refractivity contribution >= 4 is 27.9 Å². The number of ketones is 1. The summed E-state index contributed by atoms with van der Waals surface area (Å²) >= 11 is 0. The second-order valence-electron chi connectivity index (χ2n) is 14.7. The van der Waals surface area contributed by atoms with Gasteiger partial charge in [-0.15, -0.1) is 29.1 Å². The summed E-state index contributed by atoms with van der Waals surface area (Å²) in [5.41, 5.74) is 3.77. The zero-order valence-electron chi connectivity index (χ0n) is 34.4. The Balaban J connectivity index is 0.000000347. The molecule has 1 radical (unpaired) electrons. The summed E-state index contributed by atoms with van der Waals surface area (Å²) in [5.74, 6) is 1.85. The van der Waals surface area contributed by atoms with E-state index in [9.17, 15) is 9.90 Å². The number of allylic oxidation sites excluding steroid dienone is 2. The number of aliphatic hydroxyl groups is 1. The van der Waals surface area contributed by atoms with E-state index < -0.39 is 12.4 Å². The van der Waals surface area contributed by atoms with Crippen molar-refractivity contribution in [1.29, 1.82) is 0 Å². The number of aryl methyl sites for hydroxylation is 1. The number of para-hydroxylation sites is 1. The van der Waals surface area contributed by atoms with Crippen LogP contribution < -0.4 is 0 Å². The van der Waals surface area contributed by atoms with Crippen molar-refractivity contribution in [1.82, 2.24) is 19.1 Å². The molecule has 1 aliphatic rings. The minimum absolute atomic E-state index is 0. The molecule has 6 nitrogen and oxygen atoms in total. The van der Waals surface area contributed by atoms with E-state index >= 15 is 0 Å². The van der Waals surface area contributed by atoms with Crippen LogP contribution in [0.15, 0.2) is 72.5 Å². The minimum atomic E-state index is -2.36. The van der Waals surface area contributed by atoms with Crippen LogP contribution in [0.25, 0.3) is 39.1 Å². The number of aliphatic hydroxyl groups excluding tert-OH is 1. The van der Waals surface area contributed by atoms with Crippen molar-refractivity contribution in [3.8, 4) is 17.1 Å². The first kappa shape index (κ1) is 35.8. The smallest absolute Gasteiger partial charge is 0.190 e. The predicted octanol–water partition coefficient (Wildman–Crippen LogP) is 11.8. The number of hydrogen-bond donors (Lipinski definition) is 1. The van der Waals surface area contributed by atoms with E-state index in [1.54, 1.807) is 0 Å². The third-order valence-electron chi connectivity index (χ3n) is 10.3. The number of nitrogens with zero attached hydrogens (tertiary/aromatic N) is 4. The van der Waals surface area contributed by atoms with Crippen molar-refractivity contribution < 1.29 is 34.1 Å². The summed E-state index contributed by atoms with van der Waals surface area (Å²) in [6.07, 6.45) is 11.1. The van der Waals surface area contributed by atoms with Gasteiger partial charge in [0.25, 0.3) is 0 Å². The average Bonchev–Trinajstić information content (AvgIpc) is 3.70. The van der Waals surface area contributed by atoms with Gasteiger partial charge >= 0.3 is 0 Å². The van der Waals surface area contributed by atoms with E-state index in [1.165, 1.54) is 49.1 Å². The monoisotopic (exact) mass is 869 g/mol. The van der Waals surface area contributed by atoms with Gasteiger partial charge in [0.15, 0.2) is 17.1 Å². The molecule has 1 fully saturated rings. The van der Waals surface area contributed by atoms with Gasteiger partial charge in [-0.3, -0.25) is 4.79 Å². The van der Waals surface area contributed by atoms with Gasteiger partial charge in [0.2, 0.25) is 0 Å². The Hall–Kier alpha value is -3.54. The molecule has 7 heteroatoms. The number of rotatable bonds is 10. The molecular weight excluding hydrogens is 809 g/mol. The molecule has 0 atom stereocenters. The van der Waals surface area contributed by atoms with Crippen molar-refractivity contribution in [3.05, 3.63) is 90.0 Å². The molecule has 6 rings (SSSR count). The maximum Gasteiger partial charge on any atom is 0.190 e. The van der Waals surface area contributed by atoms with Gasteiger partial charge in [0.1, 0.15) is 5.82 Å². The summed E-state index contributed by atoms with van der Waals surface area (Å²) in [6.45, 7) is 11.7. The Bertz CT molecular complexity index is 2030. The Morgan fingerprint density at radius 3 is 2.18 bits per heavy atom. The molecule has 0 spiro atoms. The molecule has 1 aliphatic carbocycles. The number of benzene rings is 3. The Labute approximate surface area is 323 Å². The Morgan fingerprint density at radius 1 is 0.941 bits per heavy atom. The SMILES string of the molecule is CCC(CC)C(=O)/C=C(\O)C(CC)CC.[2H]C([2H])([2H])c1nc2nc(-c3[c-]c4ccccc4c(C4CCCCC4)c3)n(-c3ccccc3)c2n1C(C)(C)C.[Ir]. The van der Waals surface area contributed by atoms with E-state index in [0.29, 0.717) is 17.2 Å². The van der Waals surface area contributed by atoms with Crippen LogP contribution in [0.3, 0.4) is 0 Å². The van der Waals surface area contributed by atoms with Gasteiger partial charge < -0.3 is 14.2 Å². The van der Waals surface area contributed by atoms with Crippen LogP contribution in [0.4, 0.5) is 0 Å². The van der Waals surface area contributed by atoms with Gasteiger partial charge in [0.05, 0.1) is 11.6 Å². The number of carbonyl (C=O) groups is 1. The number of carbonyl (C=O) groups excluding carboxylic acids is 1. The fraction of sp³-hybridized carbons (Fsp3) is 0.477. The van der Waals surface area contributed by atoms with Gasteiger partial charge in [-0.25, -0.2) is 9.97 Å². The topological polar surface area (TPSA) is 72.9 Å². The first-order valence-corrected chi connectivity index (χ1v) is 18.7. The van der Waals surface area contributed by atoms with Crippen LogP contribution in [0.1, 0.15) is 128 Å². The number of imidazole rings is 2. The molecule has 0 aliphatic heterocycles. The normalized spacial score (nSPS) is 15.3. The molecule has 0 unspecified atom stereocenters. The van der Waals surface area contributed by atoms with Crippen LogP contribution in [-0.2, 0) is 30.4 Å². The van der Waals surface area contributed by atoms with Crippen molar-refractivity contribution in [2.45, 2.75) is 125 Å². The average molecular weight is 869 g/mol. The number of aromatic nitrogens is 4. The van der Waals surface area contributed by atoms with Crippen LogP contribution >= 0.6 is 0 Å². The predicted molar refractivity (Wildman–Crippen MR) is 208 cm³/mol. The second kappa shape index (κ2) is 17.8. The Morgan fingerprint density at radius 2 is 1.57 bits per heavy atom. The van der Waals surface area contributed by atoms with Gasteiger partial charge in [0, 0.05) is 53.4 Å². The standard InChI is InChI=1S/C31H33N4.C13H24O2.Ir/c1-21-32-28-30(35(21)31(2,3)4)34(25-16-9-6-10-17-25)29(33-28)24-19-23-15-11-12-18-26(23)27(20-24)22-13-7-5-8-14-22;1-5-10(6-2)12(14)9-13(15)11(7-3)8-4;/h6,9-12,15-18,20,22H,5,7-8,13-14H2,1-4H3;9-11,14H,5-8H2,1-4H3;/q-1;;/b;12-9-;/i1D3;;. The Kier molecular flexibility index (Phi) is 12.5. The largest absolute Gasteiger partial charge is 0.512 e. The molecule has 5 aromatic rings. The third-order valence-corrected chi connectivity index (χ3v) is 10.3. The molecule has 2 heterocycles. The van der Waals surface area contributed by atoms with E-state index in [4.69, 9.17) is 9.10 Å². The van der Waals surface area contributed by atoms with Crippen molar-refractivity contribution in [2.75, 3.05) is 0 Å². The van der Waals surface area contributed by atoms with Crippen molar-refractivity contribution in [3.63, 3.8) is 0 Å². The molecule has 3 aromatic carbocycles. The molecule has 275 valence electrons. The van der Waals surface area contributed by atoms with Crippen molar-refractivity contribution in [2.24, 2.45) is 11.8 Å². The summed E-state index contributed by atoms with van der Waals surface area (Å²) in [7, 11) is 0. The van der Waals surface area contributed by atoms with Crippen LogP contribution in [-0.4, -0.2) is 30.0 Å². The zero-order valence-corrected chi connectivity index (χ0v) is 33.8. The summed E-state index contributed by atoms with van der Waals surface area (Å²) in [5, 5.41) is 12.1. The number of hydrogen-bond acceptors (Lipinski definition) is 4. The van der Waals surface area contributed by atoms with E-state index in [1.807, 2.05) is 83.4 Å². The fourth-order valence-electron chi connectivity index (χ4n) is 7.47. The second-order valence-corrected chi connectivity index (χ2v) is 14.7. The molecule has 0 saturated heterocycles. The van der Waals surface area contributed by atoms with E-state index in [0.717, 1.165) is 48.1 Å². The maximum absolute atomic E-state index is 11.7. The quantitative estimate of drug-likeness (QED) is 0.0862. The molecular formula is C44H57IrN4O2-. The summed E-state index contributed by atoms with van der Waals surface area (Å²) in [6, 6.07) is 24.4. The molecule has 1 N–H and O–H groups in total. The summed E-state index contributed by atoms with van der Waals surface area (Å²) in [4.78, 5) is 21.3. The van der Waals surface area contributed by atoms with Gasteiger partial charge in [-0.05, 0) is 84.2 Å². The first-order chi connectivity index (χ1) is 25.2. The van der Waals surface area contributed by atoms with E-state index in [-0.39, 0.29) is 49.3 Å². The van der Waals surface area contributed by atoms with Gasteiger partial charge in [-0.2, -0.15) is 0 Å². The van der Waals surface area contributed by atoms with Crippen LogP contribution in [0.5, 0.6) is 0 Å². The molecule has 0 amide bonds. The molecule has 1 saturated carbocycles. The number of fused-ring (bicyclic) bond motifs is 2. The minimum Gasteiger partial charge on any atom is -0.512 e.